The Balaban J connectivity index is 4.19. The molecule has 0 spiro atoms. The van der Waals surface area contributed by atoms with Gasteiger partial charge in [0.1, 0.15) is 0 Å². The van der Waals surface area contributed by atoms with Gasteiger partial charge in [-0.25, -0.2) is 0 Å². The van der Waals surface area contributed by atoms with E-state index in [1.54, 1.807) is 0 Å². The zero-order valence-corrected chi connectivity index (χ0v) is 10.5. The Morgan fingerprint density at radius 2 is 1.47 bits per heavy atom. The zero-order chi connectivity index (χ0) is 15.3. The number of hydrogen-bond donors (Lipinski definition) is 2. The summed E-state index contributed by atoms with van der Waals surface area (Å²) >= 11 is 0. The molecular weight excluding hydrogens is 280 g/mol. The molecule has 0 saturated heterocycles. The Morgan fingerprint density at radius 1 is 1.00 bits per heavy atom. The second-order valence-electron chi connectivity index (χ2n) is 4.50. The van der Waals surface area contributed by atoms with Crippen molar-refractivity contribution >= 4 is 0 Å². The maximum absolute atomic E-state index is 12.1. The average molecular weight is 297 g/mol. The Morgan fingerprint density at radius 3 is 1.84 bits per heavy atom. The van der Waals surface area contributed by atoms with Gasteiger partial charge in [-0.1, -0.05) is 13.8 Å². The number of rotatable bonds is 7. The normalized spacial score (nSPS) is 15.3. The highest BCUT2D eigenvalue weighted by atomic mass is 19.4. The van der Waals surface area contributed by atoms with Crippen molar-refractivity contribution in [2.75, 3.05) is 19.7 Å². The lowest BCUT2D eigenvalue weighted by Gasteiger charge is -2.24. The lowest BCUT2D eigenvalue weighted by Crippen LogP contribution is -2.46. The van der Waals surface area contributed by atoms with Gasteiger partial charge in [0.2, 0.25) is 6.10 Å². The second kappa shape index (κ2) is 7.30. The molecule has 0 amide bonds. The highest BCUT2D eigenvalue weighted by Crippen LogP contribution is 2.35. The first kappa shape index (κ1) is 18.5. The van der Waals surface area contributed by atoms with Crippen molar-refractivity contribution in [1.82, 2.24) is 5.32 Å². The molecule has 1 unspecified atom stereocenters. The lowest BCUT2D eigenvalue weighted by molar-refractivity contribution is -0.324. The Labute approximate surface area is 106 Å². The van der Waals surface area contributed by atoms with Gasteiger partial charge >= 0.3 is 12.4 Å². The molecule has 9 heteroatoms. The molecule has 2 N–H and O–H groups in total. The van der Waals surface area contributed by atoms with Crippen LogP contribution >= 0.6 is 0 Å². The maximum Gasteiger partial charge on any atom is 0.423 e. The molecular formula is C10H17F6NO2. The van der Waals surface area contributed by atoms with Gasteiger partial charge in [-0.15, -0.1) is 0 Å². The fourth-order valence-electron chi connectivity index (χ4n) is 1.18. The predicted molar refractivity (Wildman–Crippen MR) is 55.6 cm³/mol. The number of nitrogens with one attached hydrogen (secondary N) is 1. The highest BCUT2D eigenvalue weighted by molar-refractivity contribution is 4.76. The minimum atomic E-state index is -5.55. The Kier molecular flexibility index (Phi) is 7.09. The minimum Gasteiger partial charge on any atom is -0.389 e. The topological polar surface area (TPSA) is 41.5 Å². The van der Waals surface area contributed by atoms with Crippen LogP contribution in [-0.4, -0.2) is 49.4 Å². The van der Waals surface area contributed by atoms with Gasteiger partial charge in [-0.3, -0.25) is 0 Å². The molecule has 0 aliphatic rings. The summed E-state index contributed by atoms with van der Waals surface area (Å²) in [6.45, 7) is 3.02. The fraction of sp³-hybridized carbons (Fsp3) is 1.00. The SMILES string of the molecule is CC(C)CNCC(O)COC(C(F)(F)F)C(F)(F)F. The molecule has 0 aliphatic heterocycles. The summed E-state index contributed by atoms with van der Waals surface area (Å²) in [6, 6.07) is 0. The van der Waals surface area contributed by atoms with Crippen LogP contribution in [0.3, 0.4) is 0 Å². The predicted octanol–water partition coefficient (Wildman–Crippen LogP) is 2.10. The van der Waals surface area contributed by atoms with E-state index in [9.17, 15) is 31.4 Å². The molecule has 0 aliphatic carbocycles. The lowest BCUT2D eigenvalue weighted by atomic mass is 10.2. The Hall–Kier alpha value is -0.540. The molecule has 1 atom stereocenters. The molecule has 116 valence electrons. The van der Waals surface area contributed by atoms with Crippen LogP contribution in [0.15, 0.2) is 0 Å². The van der Waals surface area contributed by atoms with E-state index in [4.69, 9.17) is 0 Å². The molecule has 0 saturated carbocycles. The smallest absolute Gasteiger partial charge is 0.389 e. The molecule has 0 bridgehead atoms. The Bertz CT molecular complexity index is 239. The number of halogens is 6. The van der Waals surface area contributed by atoms with E-state index in [1.165, 1.54) is 0 Å². The van der Waals surface area contributed by atoms with Crippen LogP contribution in [0.2, 0.25) is 0 Å². The van der Waals surface area contributed by atoms with Crippen LogP contribution < -0.4 is 5.32 Å². The van der Waals surface area contributed by atoms with Crippen LogP contribution in [0.25, 0.3) is 0 Å². The first-order valence-corrected chi connectivity index (χ1v) is 5.58. The summed E-state index contributed by atoms with van der Waals surface area (Å²) in [7, 11) is 0. The van der Waals surface area contributed by atoms with E-state index < -0.39 is 31.2 Å². The maximum atomic E-state index is 12.1. The summed E-state index contributed by atoms with van der Waals surface area (Å²) in [5.74, 6) is 0.242. The molecule has 0 aromatic carbocycles. The van der Waals surface area contributed by atoms with E-state index in [0.29, 0.717) is 6.54 Å². The zero-order valence-electron chi connectivity index (χ0n) is 10.5. The van der Waals surface area contributed by atoms with Crippen molar-refractivity contribution in [1.29, 1.82) is 0 Å². The molecule has 19 heavy (non-hydrogen) atoms. The fourth-order valence-corrected chi connectivity index (χ4v) is 1.18. The van der Waals surface area contributed by atoms with Gasteiger partial charge in [0.15, 0.2) is 0 Å². The van der Waals surface area contributed by atoms with E-state index in [1.807, 2.05) is 13.8 Å². The van der Waals surface area contributed by atoms with Crippen LogP contribution in [0.1, 0.15) is 13.8 Å². The third-order valence-electron chi connectivity index (χ3n) is 1.98. The summed E-state index contributed by atoms with van der Waals surface area (Å²) in [6.07, 6.45) is -16.4. The molecule has 0 aromatic rings. The van der Waals surface area contributed by atoms with Gasteiger partial charge < -0.3 is 15.2 Å². The van der Waals surface area contributed by atoms with Gasteiger partial charge in [-0.05, 0) is 12.5 Å². The largest absolute Gasteiger partial charge is 0.423 e. The van der Waals surface area contributed by atoms with E-state index in [2.05, 4.69) is 10.1 Å². The van der Waals surface area contributed by atoms with E-state index in [0.717, 1.165) is 0 Å². The van der Waals surface area contributed by atoms with Crippen LogP contribution in [0.4, 0.5) is 26.3 Å². The monoisotopic (exact) mass is 297 g/mol. The van der Waals surface area contributed by atoms with Crippen molar-refractivity contribution in [3.63, 3.8) is 0 Å². The van der Waals surface area contributed by atoms with Gasteiger partial charge in [-0.2, -0.15) is 26.3 Å². The third kappa shape index (κ3) is 8.27. The quantitative estimate of drug-likeness (QED) is 0.707. The molecule has 0 aromatic heterocycles. The average Bonchev–Trinajstić information content (AvgIpc) is 2.12. The molecule has 0 rings (SSSR count). The summed E-state index contributed by atoms with van der Waals surface area (Å²) in [5.41, 5.74) is 0. The number of hydrogen-bond acceptors (Lipinski definition) is 3. The van der Waals surface area contributed by atoms with Gasteiger partial charge in [0.25, 0.3) is 0 Å². The third-order valence-corrected chi connectivity index (χ3v) is 1.98. The van der Waals surface area contributed by atoms with Crippen LogP contribution in [0.5, 0.6) is 0 Å². The summed E-state index contributed by atoms with van der Waals surface area (Å²) in [5, 5.41) is 11.9. The summed E-state index contributed by atoms with van der Waals surface area (Å²) in [4.78, 5) is 0. The van der Waals surface area contributed by atoms with Gasteiger partial charge in [0, 0.05) is 6.54 Å². The molecule has 0 fully saturated rings. The first-order valence-electron chi connectivity index (χ1n) is 5.58. The molecule has 3 nitrogen and oxygen atoms in total. The highest BCUT2D eigenvalue weighted by Gasteiger charge is 2.58. The van der Waals surface area contributed by atoms with Crippen molar-refractivity contribution in [2.45, 2.75) is 38.4 Å². The molecule has 0 radical (unpaired) electrons. The number of aliphatic hydroxyl groups is 1. The number of aliphatic hydroxyl groups excluding tert-OH is 1. The van der Waals surface area contributed by atoms with Crippen molar-refractivity contribution in [3.8, 4) is 0 Å². The van der Waals surface area contributed by atoms with Crippen molar-refractivity contribution in [2.24, 2.45) is 5.92 Å². The first-order chi connectivity index (χ1) is 8.44. The van der Waals surface area contributed by atoms with Crippen LogP contribution in [0, 0.1) is 5.92 Å². The van der Waals surface area contributed by atoms with E-state index >= 15 is 0 Å². The second-order valence-corrected chi connectivity index (χ2v) is 4.50. The molecule has 0 heterocycles. The van der Waals surface area contributed by atoms with Crippen molar-refractivity contribution < 1.29 is 36.2 Å². The standard InChI is InChI=1S/C10H17F6NO2/c1-6(2)3-17-4-7(18)5-19-8(9(11,12)13)10(14,15)16/h6-8,17-18H,3-5H2,1-2H3. The number of alkyl halides is 6. The summed E-state index contributed by atoms with van der Waals surface area (Å²) < 4.78 is 76.2. The van der Waals surface area contributed by atoms with Crippen LogP contribution in [-0.2, 0) is 4.74 Å². The van der Waals surface area contributed by atoms with Crippen molar-refractivity contribution in [3.05, 3.63) is 0 Å². The van der Waals surface area contributed by atoms with E-state index in [-0.39, 0.29) is 12.5 Å². The minimum absolute atomic E-state index is 0.138. The number of ether oxygens (including phenoxy) is 1. The van der Waals surface area contributed by atoms with Gasteiger partial charge in [0.05, 0.1) is 12.7 Å².